The molecule has 0 saturated heterocycles. The van der Waals surface area contributed by atoms with Crippen LogP contribution in [0, 0.1) is 25.7 Å². The highest BCUT2D eigenvalue weighted by Gasteiger charge is 2.35. The summed E-state index contributed by atoms with van der Waals surface area (Å²) in [6, 6.07) is 16.5. The Morgan fingerprint density at radius 2 is 0.554 bits per heavy atom. The lowest BCUT2D eigenvalue weighted by Gasteiger charge is -2.34. The maximum atomic E-state index is 14.9. The van der Waals surface area contributed by atoms with Gasteiger partial charge in [-0.25, -0.2) is 0 Å². The third-order valence-electron chi connectivity index (χ3n) is 18.3. The molecule has 12 N–H and O–H groups in total. The Bertz CT molecular complexity index is 3570. The number of hydrogen-bond donors (Lipinski definition) is 12. The van der Waals surface area contributed by atoms with E-state index < -0.39 is 83.5 Å². The molecule has 3 heterocycles. The van der Waals surface area contributed by atoms with E-state index in [-0.39, 0.29) is 118 Å². The Hall–Kier alpha value is -9.72. The van der Waals surface area contributed by atoms with Crippen molar-refractivity contribution in [2.75, 3.05) is 10.6 Å². The van der Waals surface area contributed by atoms with E-state index >= 15 is 0 Å². The van der Waals surface area contributed by atoms with Crippen LogP contribution in [0.3, 0.4) is 0 Å². The van der Waals surface area contributed by atoms with Crippen LogP contribution in [-0.2, 0) is 35.3 Å². The molecule has 16 bridgehead atoms. The Morgan fingerprint density at radius 1 is 0.337 bits per heavy atom. The molecular formula is C72H80N8O12. The van der Waals surface area contributed by atoms with Crippen LogP contribution in [0.5, 0.6) is 23.0 Å². The van der Waals surface area contributed by atoms with Crippen molar-refractivity contribution < 1.29 is 58.8 Å². The smallest absolute Gasteiger partial charge is 0.251 e. The van der Waals surface area contributed by atoms with E-state index in [1.54, 1.807) is 48.5 Å². The van der Waals surface area contributed by atoms with Crippen LogP contribution in [0.25, 0.3) is 0 Å². The minimum absolute atomic E-state index is 0.0483. The van der Waals surface area contributed by atoms with Gasteiger partial charge in [0.1, 0.15) is 35.1 Å². The number of anilines is 2. The van der Waals surface area contributed by atoms with Crippen LogP contribution >= 0.6 is 0 Å². The molecule has 6 aliphatic rings. The van der Waals surface area contributed by atoms with Crippen molar-refractivity contribution in [1.29, 1.82) is 0 Å². The van der Waals surface area contributed by atoms with Gasteiger partial charge in [0.05, 0.1) is 0 Å². The summed E-state index contributed by atoms with van der Waals surface area (Å²) in [5.74, 6) is -6.28. The Labute approximate surface area is 534 Å². The first-order valence-electron chi connectivity index (χ1n) is 32.0. The predicted molar refractivity (Wildman–Crippen MR) is 347 cm³/mol. The zero-order chi connectivity index (χ0) is 65.4. The fourth-order valence-corrected chi connectivity index (χ4v) is 13.8. The second-order valence-corrected chi connectivity index (χ2v) is 26.6. The van der Waals surface area contributed by atoms with Crippen molar-refractivity contribution in [2.24, 2.45) is 11.8 Å². The molecule has 6 atom stereocenters. The summed E-state index contributed by atoms with van der Waals surface area (Å²) in [5.41, 5.74) is 4.26. The molecule has 20 nitrogen and oxygen atoms in total. The van der Waals surface area contributed by atoms with Gasteiger partial charge in [0, 0.05) is 117 Å². The minimum atomic E-state index is -1.21. The zero-order valence-corrected chi connectivity index (χ0v) is 52.7. The van der Waals surface area contributed by atoms with Crippen molar-refractivity contribution in [3.05, 3.63) is 174 Å². The average molecular weight is 1250 g/mol. The number of benzene rings is 6. The summed E-state index contributed by atoms with van der Waals surface area (Å²) < 4.78 is 0. The Balaban J connectivity index is 1.10. The lowest BCUT2D eigenvalue weighted by Crippen LogP contribution is -2.54. The van der Waals surface area contributed by atoms with E-state index in [4.69, 9.17) is 0 Å². The number of phenols is 4. The second kappa shape index (κ2) is 26.6. The van der Waals surface area contributed by atoms with Crippen LogP contribution < -0.4 is 42.5 Å². The molecule has 2 saturated carbocycles. The number of aryl methyl sites for hydroxylation is 2. The van der Waals surface area contributed by atoms with Crippen LogP contribution in [0.15, 0.2) is 84.9 Å². The molecule has 8 amide bonds. The number of carbonyl (C=O) groups is 8. The number of carbonyl (C=O) groups excluding carboxylic acids is 8. The predicted octanol–water partition coefficient (Wildman–Crippen LogP) is 8.94. The normalized spacial score (nSPS) is 21.5. The standard InChI is InChI=1S/C72H80N8O12/c1-35(2)15-59-71(91)73-53-31-43-21-39-17-37(5)19-41(61(39)81)23-45-33-54(34-46(64(45)84)24-42-20-38(6)18-40(62(42)82)22-44(32-53)63(43)83)74-72(92)60(16-36(3)4)80-70(90)52-29-49-26-50(30-52)68(88)78-58-14-10-8-12-56(58)76-66(86)48-25-47(27-51(28-48)69(89)79-59)65(85)75-55-11-7-9-13-57(55)77-67(49)87/h17-20,25-36,55-60,81-84H,7-16,21-24H2,1-6H3,(H,73,91)(H,74,92)(H,75,85)(H,76,86)(H,77,87)(H,78,88)(H,79,89)(H,80,90)/t55?,56?,57?,58?,59-,60-/m0/s1. The van der Waals surface area contributed by atoms with E-state index in [1.165, 1.54) is 36.4 Å². The molecule has 4 unspecified atom stereocenters. The van der Waals surface area contributed by atoms with Crippen LogP contribution in [0.4, 0.5) is 11.4 Å². The quantitative estimate of drug-likeness (QED) is 0.0735. The van der Waals surface area contributed by atoms with Crippen molar-refractivity contribution >= 4 is 58.6 Å². The van der Waals surface area contributed by atoms with Crippen molar-refractivity contribution in [2.45, 2.75) is 168 Å². The van der Waals surface area contributed by atoms with Gasteiger partial charge < -0.3 is 63.0 Å². The molecule has 0 spiro atoms. The fourth-order valence-electron chi connectivity index (χ4n) is 13.8. The number of aromatic hydroxyl groups is 4. The average Bonchev–Trinajstić information content (AvgIpc) is 0.998. The molecule has 20 heteroatoms. The first-order valence-corrected chi connectivity index (χ1v) is 32.0. The molecule has 3 aliphatic heterocycles. The molecule has 3 aliphatic carbocycles. The van der Waals surface area contributed by atoms with Gasteiger partial charge in [0.2, 0.25) is 11.8 Å². The summed E-state index contributed by atoms with van der Waals surface area (Å²) in [7, 11) is 0. The van der Waals surface area contributed by atoms with Crippen LogP contribution in [0.1, 0.15) is 210 Å². The summed E-state index contributed by atoms with van der Waals surface area (Å²) in [4.78, 5) is 118. The van der Waals surface area contributed by atoms with Gasteiger partial charge in [-0.05, 0) is 147 Å². The number of amides is 8. The molecule has 480 valence electrons. The lowest BCUT2D eigenvalue weighted by atomic mass is 9.89. The van der Waals surface area contributed by atoms with Gasteiger partial charge in [0.15, 0.2) is 0 Å². The molecule has 92 heavy (non-hydrogen) atoms. The fraction of sp³-hybridized carbons (Fsp3) is 0.389. The van der Waals surface area contributed by atoms with Crippen LogP contribution in [-0.4, -0.2) is 104 Å². The maximum absolute atomic E-state index is 14.9. The van der Waals surface area contributed by atoms with Gasteiger partial charge in [0.25, 0.3) is 35.4 Å². The molecule has 2 fully saturated rings. The monoisotopic (exact) mass is 1250 g/mol. The third-order valence-corrected chi connectivity index (χ3v) is 18.3. The highest BCUT2D eigenvalue weighted by atomic mass is 16.3. The summed E-state index contributed by atoms with van der Waals surface area (Å²) in [6.07, 6.45) is 4.53. The van der Waals surface area contributed by atoms with Crippen molar-refractivity contribution in [3.63, 3.8) is 0 Å². The number of nitrogens with one attached hydrogen (secondary N) is 8. The van der Waals surface area contributed by atoms with Gasteiger partial charge in [-0.1, -0.05) is 88.8 Å². The van der Waals surface area contributed by atoms with Gasteiger partial charge in [-0.15, -0.1) is 0 Å². The SMILES string of the molecule is Cc1cc2c(O)c(c1)Cc1cc3cc(c1O)Cc1cc(C)cc(c1O)Cc1cc(cc(c1O)C2)NC(=O)[C@H](CC(C)C)NC(=O)c1cc2cc(c1)C(=O)NC1CCCCC1NC(=O)c1cc(cc(c1)C(=O)N[C@@H](CC(C)C)C(=O)N3)C(=O)NC1CCCCC1NC2=O. The molecular weight excluding hydrogens is 1170 g/mol. The highest BCUT2D eigenvalue weighted by molar-refractivity contribution is 6.08. The number of rotatable bonds is 4. The zero-order valence-electron chi connectivity index (χ0n) is 52.7. The minimum Gasteiger partial charge on any atom is -0.507 e. The van der Waals surface area contributed by atoms with Gasteiger partial charge in [-0.2, -0.15) is 0 Å². The van der Waals surface area contributed by atoms with E-state index in [2.05, 4.69) is 42.5 Å². The molecule has 12 rings (SSSR count). The maximum Gasteiger partial charge on any atom is 0.251 e. The van der Waals surface area contributed by atoms with E-state index in [9.17, 15) is 58.8 Å². The summed E-state index contributed by atoms with van der Waals surface area (Å²) in [6.45, 7) is 11.2. The first kappa shape index (κ1) is 63.8. The number of hydrogen-bond acceptors (Lipinski definition) is 12. The Kier molecular flexibility index (Phi) is 18.5. The third kappa shape index (κ3) is 14.2. The second-order valence-electron chi connectivity index (χ2n) is 26.6. The largest absolute Gasteiger partial charge is 0.507 e. The molecule has 0 aromatic heterocycles. The van der Waals surface area contributed by atoms with Crippen molar-refractivity contribution in [3.8, 4) is 23.0 Å². The highest BCUT2D eigenvalue weighted by Crippen LogP contribution is 2.41. The molecule has 6 aromatic carbocycles. The van der Waals surface area contributed by atoms with Gasteiger partial charge >= 0.3 is 0 Å². The van der Waals surface area contributed by atoms with Crippen LogP contribution in [0.2, 0.25) is 0 Å². The Morgan fingerprint density at radius 3 is 0.783 bits per heavy atom. The summed E-state index contributed by atoms with van der Waals surface area (Å²) >= 11 is 0. The number of fused-ring (bicyclic) bond motifs is 11. The topological polar surface area (TPSA) is 314 Å². The van der Waals surface area contributed by atoms with Crippen molar-refractivity contribution in [1.82, 2.24) is 31.9 Å². The summed E-state index contributed by atoms with van der Waals surface area (Å²) in [5, 5.41) is 73.1. The van der Waals surface area contributed by atoms with E-state index in [0.29, 0.717) is 95.9 Å². The number of phenolic OH excluding ortho intramolecular Hbond substituents is 4. The molecule has 0 radical (unpaired) electrons. The lowest BCUT2D eigenvalue weighted by molar-refractivity contribution is -0.119. The molecule has 6 aromatic rings. The van der Waals surface area contributed by atoms with E-state index in [0.717, 1.165) is 11.1 Å². The van der Waals surface area contributed by atoms with E-state index in [1.807, 2.05) is 41.5 Å². The van der Waals surface area contributed by atoms with Gasteiger partial charge in [-0.3, -0.25) is 38.4 Å². The first-order chi connectivity index (χ1) is 43.9.